The second-order valence-corrected chi connectivity index (χ2v) is 3.04. The number of nitrogens with zero attached hydrogens (tertiary/aromatic N) is 2. The number of nitro groups is 1. The maximum atomic E-state index is 10.4. The molecule has 6 heteroatoms. The minimum atomic E-state index is -0.534. The average molecular weight is 227 g/mol. The van der Waals surface area contributed by atoms with E-state index >= 15 is 0 Å². The molecule has 0 unspecified atom stereocenters. The van der Waals surface area contributed by atoms with Gasteiger partial charge in [-0.25, -0.2) is 0 Å². The van der Waals surface area contributed by atoms with Crippen LogP contribution in [-0.2, 0) is 0 Å². The van der Waals surface area contributed by atoms with E-state index in [4.69, 9.17) is 21.6 Å². The number of nitro benzene ring substituents is 1. The summed E-state index contributed by atoms with van der Waals surface area (Å²) in [7, 11) is 0. The smallest absolute Gasteiger partial charge is 0.273 e. The lowest BCUT2D eigenvalue weighted by Gasteiger charge is -2.05. The Morgan fingerprint density at radius 2 is 2.33 bits per heavy atom. The molecular weight excluding hydrogens is 220 g/mol. The molecule has 0 aliphatic carbocycles. The van der Waals surface area contributed by atoms with E-state index in [2.05, 4.69) is 0 Å². The van der Waals surface area contributed by atoms with E-state index in [1.165, 1.54) is 18.2 Å². The predicted octanol–water partition coefficient (Wildman–Crippen LogP) is 2.54. The lowest BCUT2D eigenvalue weighted by atomic mass is 10.3. The standard InChI is InChI=1S/C9H7ClN2O3/c10-8-3-2-7(12(13)14)6-9(8)15-5-1-4-11/h2-3,6H,1,5H2. The fourth-order valence-corrected chi connectivity index (χ4v) is 1.09. The molecular formula is C9H7ClN2O3. The monoisotopic (exact) mass is 226 g/mol. The van der Waals surface area contributed by atoms with Crippen molar-refractivity contribution in [3.63, 3.8) is 0 Å². The molecule has 0 atom stereocenters. The molecule has 0 aromatic heterocycles. The van der Waals surface area contributed by atoms with Crippen molar-refractivity contribution in [1.82, 2.24) is 0 Å². The number of hydrogen-bond donors (Lipinski definition) is 0. The van der Waals surface area contributed by atoms with Gasteiger partial charge in [0, 0.05) is 6.07 Å². The first-order valence-electron chi connectivity index (χ1n) is 4.09. The van der Waals surface area contributed by atoms with E-state index in [1.807, 2.05) is 6.07 Å². The molecule has 15 heavy (non-hydrogen) atoms. The Labute approximate surface area is 91.0 Å². The van der Waals surface area contributed by atoms with Crippen LogP contribution in [0.25, 0.3) is 0 Å². The SMILES string of the molecule is N#CCCOc1cc([N+](=O)[O-])ccc1Cl. The van der Waals surface area contributed by atoms with Gasteiger partial charge in [-0.15, -0.1) is 0 Å². The van der Waals surface area contributed by atoms with Crippen molar-refractivity contribution in [1.29, 1.82) is 5.26 Å². The summed E-state index contributed by atoms with van der Waals surface area (Å²) in [5.41, 5.74) is -0.0913. The molecule has 0 aliphatic rings. The Morgan fingerprint density at radius 3 is 2.93 bits per heavy atom. The number of nitriles is 1. The van der Waals surface area contributed by atoms with Crippen molar-refractivity contribution in [2.45, 2.75) is 6.42 Å². The van der Waals surface area contributed by atoms with Crippen LogP contribution in [0.15, 0.2) is 18.2 Å². The molecule has 0 saturated heterocycles. The summed E-state index contributed by atoms with van der Waals surface area (Å²) in [6, 6.07) is 5.81. The van der Waals surface area contributed by atoms with Crippen LogP contribution in [0.1, 0.15) is 6.42 Å². The fraction of sp³-hybridized carbons (Fsp3) is 0.222. The van der Waals surface area contributed by atoms with E-state index in [0.29, 0.717) is 5.02 Å². The maximum Gasteiger partial charge on any atom is 0.273 e. The summed E-state index contributed by atoms with van der Waals surface area (Å²) in [5.74, 6) is 0.223. The normalized spacial score (nSPS) is 9.33. The highest BCUT2D eigenvalue weighted by Gasteiger charge is 2.10. The van der Waals surface area contributed by atoms with E-state index in [-0.39, 0.29) is 24.5 Å². The molecule has 0 amide bonds. The van der Waals surface area contributed by atoms with Gasteiger partial charge in [-0.05, 0) is 6.07 Å². The lowest BCUT2D eigenvalue weighted by Crippen LogP contribution is -1.97. The van der Waals surface area contributed by atoms with Gasteiger partial charge in [-0.2, -0.15) is 5.26 Å². The van der Waals surface area contributed by atoms with Gasteiger partial charge in [-0.3, -0.25) is 10.1 Å². The van der Waals surface area contributed by atoms with Crippen molar-refractivity contribution in [2.24, 2.45) is 0 Å². The van der Waals surface area contributed by atoms with Gasteiger partial charge in [-0.1, -0.05) is 11.6 Å². The topological polar surface area (TPSA) is 76.2 Å². The highest BCUT2D eigenvalue weighted by molar-refractivity contribution is 6.32. The summed E-state index contributed by atoms with van der Waals surface area (Å²) < 4.78 is 5.11. The van der Waals surface area contributed by atoms with Crippen molar-refractivity contribution in [3.05, 3.63) is 33.3 Å². The van der Waals surface area contributed by atoms with Crippen molar-refractivity contribution in [2.75, 3.05) is 6.61 Å². The number of hydrogen-bond acceptors (Lipinski definition) is 4. The van der Waals surface area contributed by atoms with Gasteiger partial charge in [0.1, 0.15) is 12.4 Å². The highest BCUT2D eigenvalue weighted by Crippen LogP contribution is 2.28. The molecule has 0 heterocycles. The molecule has 0 fully saturated rings. The van der Waals surface area contributed by atoms with E-state index in [1.54, 1.807) is 0 Å². The van der Waals surface area contributed by atoms with Gasteiger partial charge in [0.15, 0.2) is 0 Å². The quantitative estimate of drug-likeness (QED) is 0.449. The summed E-state index contributed by atoms with van der Waals surface area (Å²) in [6.07, 6.45) is 0.207. The van der Waals surface area contributed by atoms with Gasteiger partial charge >= 0.3 is 0 Å². The van der Waals surface area contributed by atoms with Gasteiger partial charge in [0.2, 0.25) is 0 Å². The number of non-ortho nitro benzene ring substituents is 1. The average Bonchev–Trinajstić information content (AvgIpc) is 2.20. The minimum absolute atomic E-state index is 0.0913. The largest absolute Gasteiger partial charge is 0.491 e. The van der Waals surface area contributed by atoms with Crippen LogP contribution in [0.4, 0.5) is 5.69 Å². The number of benzene rings is 1. The second-order valence-electron chi connectivity index (χ2n) is 2.63. The molecule has 0 saturated carbocycles. The zero-order valence-corrected chi connectivity index (χ0v) is 8.40. The number of rotatable bonds is 4. The summed E-state index contributed by atoms with van der Waals surface area (Å²) in [5, 5.41) is 19.0. The molecule has 0 aliphatic heterocycles. The molecule has 5 nitrogen and oxygen atoms in total. The zero-order chi connectivity index (χ0) is 11.3. The van der Waals surface area contributed by atoms with Crippen LogP contribution in [-0.4, -0.2) is 11.5 Å². The van der Waals surface area contributed by atoms with Gasteiger partial charge < -0.3 is 4.74 Å². The number of halogens is 1. The number of ether oxygens (including phenoxy) is 1. The molecule has 78 valence electrons. The Balaban J connectivity index is 2.82. The Morgan fingerprint density at radius 1 is 1.60 bits per heavy atom. The van der Waals surface area contributed by atoms with Gasteiger partial charge in [0.25, 0.3) is 5.69 Å². The molecule has 1 aromatic carbocycles. The molecule has 0 bridgehead atoms. The fourth-order valence-electron chi connectivity index (χ4n) is 0.923. The predicted molar refractivity (Wildman–Crippen MR) is 53.8 cm³/mol. The second kappa shape index (κ2) is 5.17. The first kappa shape index (κ1) is 11.3. The van der Waals surface area contributed by atoms with Crippen molar-refractivity contribution < 1.29 is 9.66 Å². The van der Waals surface area contributed by atoms with Crippen LogP contribution in [0, 0.1) is 21.4 Å². The third kappa shape index (κ3) is 3.11. The minimum Gasteiger partial charge on any atom is -0.491 e. The molecule has 1 rings (SSSR count). The Kier molecular flexibility index (Phi) is 3.89. The Hall–Kier alpha value is -1.80. The van der Waals surface area contributed by atoms with E-state index in [9.17, 15) is 10.1 Å². The van der Waals surface area contributed by atoms with Crippen LogP contribution in [0.3, 0.4) is 0 Å². The molecule has 0 spiro atoms. The van der Waals surface area contributed by atoms with Crippen molar-refractivity contribution in [3.8, 4) is 11.8 Å². The molecule has 1 aromatic rings. The first-order valence-corrected chi connectivity index (χ1v) is 4.46. The summed E-state index contributed by atoms with van der Waals surface area (Å²) in [4.78, 5) is 9.91. The van der Waals surface area contributed by atoms with Gasteiger partial charge in [0.05, 0.1) is 28.5 Å². The summed E-state index contributed by atoms with van der Waals surface area (Å²) in [6.45, 7) is 0.164. The Bertz CT molecular complexity index is 414. The lowest BCUT2D eigenvalue weighted by molar-refractivity contribution is -0.384. The van der Waals surface area contributed by atoms with Crippen LogP contribution >= 0.6 is 11.6 Å². The van der Waals surface area contributed by atoms with Crippen molar-refractivity contribution >= 4 is 17.3 Å². The van der Waals surface area contributed by atoms with Crippen LogP contribution in [0.2, 0.25) is 5.02 Å². The maximum absolute atomic E-state index is 10.4. The van der Waals surface area contributed by atoms with E-state index in [0.717, 1.165) is 0 Å². The summed E-state index contributed by atoms with van der Waals surface area (Å²) >= 11 is 5.75. The molecule has 0 N–H and O–H groups in total. The molecule has 0 radical (unpaired) electrons. The third-order valence-electron chi connectivity index (χ3n) is 1.60. The van der Waals surface area contributed by atoms with E-state index < -0.39 is 4.92 Å². The zero-order valence-electron chi connectivity index (χ0n) is 7.64. The third-order valence-corrected chi connectivity index (χ3v) is 1.91. The first-order chi connectivity index (χ1) is 7.15. The van der Waals surface area contributed by atoms with Crippen LogP contribution in [0.5, 0.6) is 5.75 Å². The van der Waals surface area contributed by atoms with Crippen LogP contribution < -0.4 is 4.74 Å². The highest BCUT2D eigenvalue weighted by atomic mass is 35.5.